The first-order valence-corrected chi connectivity index (χ1v) is 3.14. The molecule has 1 aromatic rings. The van der Waals surface area contributed by atoms with E-state index in [1.807, 2.05) is 0 Å². The lowest BCUT2D eigenvalue weighted by atomic mass is 10.2. The number of halogens is 4. The largest absolute Gasteiger partial charge is 0.283 e. The Morgan fingerprint density at radius 1 is 1.42 bits per heavy atom. The third-order valence-corrected chi connectivity index (χ3v) is 1.35. The summed E-state index contributed by atoms with van der Waals surface area (Å²) in [4.78, 5) is 3.09. The molecule has 0 saturated heterocycles. The van der Waals surface area contributed by atoms with E-state index in [1.54, 1.807) is 0 Å². The number of hydrogen-bond donors (Lipinski definition) is 0. The lowest BCUT2D eigenvalue weighted by Crippen LogP contribution is -1.98. The maximum Gasteiger partial charge on any atom is 0.283 e. The average Bonchev–Trinajstić information content (AvgIpc) is 2.04. The summed E-state index contributed by atoms with van der Waals surface area (Å²) in [5.74, 6) is -1.25. The van der Waals surface area contributed by atoms with Crippen LogP contribution in [0.4, 0.5) is 17.6 Å². The molecule has 0 atom stereocenters. The molecule has 5 heteroatoms. The third-order valence-electron chi connectivity index (χ3n) is 1.35. The van der Waals surface area contributed by atoms with Crippen LogP contribution in [0.1, 0.15) is 17.7 Å². The van der Waals surface area contributed by atoms with Gasteiger partial charge in [-0.1, -0.05) is 0 Å². The fraction of sp³-hybridized carbons (Fsp3) is 0.286. The lowest BCUT2D eigenvalue weighted by molar-refractivity contribution is 0.140. The van der Waals surface area contributed by atoms with Crippen LogP contribution in [-0.4, -0.2) is 4.98 Å². The van der Waals surface area contributed by atoms with Gasteiger partial charge in [0, 0.05) is 11.8 Å². The molecule has 1 nitrogen and oxygen atoms in total. The van der Waals surface area contributed by atoms with E-state index in [0.29, 0.717) is 0 Å². The molecule has 0 fully saturated rings. The zero-order valence-corrected chi connectivity index (χ0v) is 5.90. The van der Waals surface area contributed by atoms with Gasteiger partial charge in [0.25, 0.3) is 6.43 Å². The van der Waals surface area contributed by atoms with Gasteiger partial charge < -0.3 is 0 Å². The number of hydrogen-bond acceptors (Lipinski definition) is 1. The van der Waals surface area contributed by atoms with Crippen molar-refractivity contribution in [1.82, 2.24) is 4.98 Å². The molecule has 0 amide bonds. The van der Waals surface area contributed by atoms with Crippen LogP contribution in [0.25, 0.3) is 0 Å². The molecule has 0 aromatic carbocycles. The highest BCUT2D eigenvalue weighted by atomic mass is 19.3. The summed E-state index contributed by atoms with van der Waals surface area (Å²) in [6.45, 7) is -1.10. The van der Waals surface area contributed by atoms with Crippen molar-refractivity contribution in [3.05, 3.63) is 29.3 Å². The van der Waals surface area contributed by atoms with Crippen molar-refractivity contribution in [3.8, 4) is 0 Å². The zero-order chi connectivity index (χ0) is 9.14. The van der Waals surface area contributed by atoms with E-state index in [4.69, 9.17) is 0 Å². The van der Waals surface area contributed by atoms with Crippen molar-refractivity contribution < 1.29 is 17.6 Å². The minimum atomic E-state index is -3.00. The predicted octanol–water partition coefficient (Wildman–Crippen LogP) is 2.63. The van der Waals surface area contributed by atoms with Crippen LogP contribution in [0.15, 0.2) is 12.3 Å². The summed E-state index contributed by atoms with van der Waals surface area (Å²) >= 11 is 0. The molecule has 0 aliphatic carbocycles. The van der Waals surface area contributed by atoms with E-state index >= 15 is 0 Å². The fourth-order valence-electron chi connectivity index (χ4n) is 0.757. The second-order valence-corrected chi connectivity index (χ2v) is 2.10. The maximum atomic E-state index is 12.7. The van der Waals surface area contributed by atoms with Crippen LogP contribution in [0.3, 0.4) is 0 Å². The van der Waals surface area contributed by atoms with Gasteiger partial charge >= 0.3 is 0 Å². The molecule has 12 heavy (non-hydrogen) atoms. The minimum absolute atomic E-state index is 0.389. The van der Waals surface area contributed by atoms with Gasteiger partial charge in [-0.2, -0.15) is 0 Å². The molecule has 0 N–H and O–H groups in total. The number of rotatable bonds is 2. The van der Waals surface area contributed by atoms with Crippen LogP contribution in [0, 0.1) is 5.82 Å². The molecule has 1 heterocycles. The molecule has 0 radical (unpaired) electrons. The van der Waals surface area contributed by atoms with E-state index in [0.717, 1.165) is 12.3 Å². The second kappa shape index (κ2) is 3.51. The Morgan fingerprint density at radius 3 is 2.58 bits per heavy atom. The fourth-order valence-corrected chi connectivity index (χ4v) is 0.757. The zero-order valence-electron chi connectivity index (χ0n) is 5.90. The van der Waals surface area contributed by atoms with Gasteiger partial charge in [0.1, 0.15) is 12.4 Å². The highest BCUT2D eigenvalue weighted by Crippen LogP contribution is 2.21. The average molecular weight is 179 g/mol. The van der Waals surface area contributed by atoms with Crippen molar-refractivity contribution in [1.29, 1.82) is 0 Å². The molecular formula is C7H5F4N. The van der Waals surface area contributed by atoms with Crippen LogP contribution in [0.5, 0.6) is 0 Å². The molecule has 0 saturated carbocycles. The van der Waals surface area contributed by atoms with Crippen LogP contribution >= 0.6 is 0 Å². The second-order valence-electron chi connectivity index (χ2n) is 2.10. The maximum absolute atomic E-state index is 12.7. The topological polar surface area (TPSA) is 12.9 Å². The lowest BCUT2D eigenvalue weighted by Gasteiger charge is -2.02. The van der Waals surface area contributed by atoms with Gasteiger partial charge in [0.05, 0.1) is 0 Å². The first-order valence-electron chi connectivity index (χ1n) is 3.14. The number of pyridine rings is 1. The Hall–Kier alpha value is -1.13. The Morgan fingerprint density at radius 2 is 2.08 bits per heavy atom. The highest BCUT2D eigenvalue weighted by molar-refractivity contribution is 5.19. The van der Waals surface area contributed by atoms with Gasteiger partial charge in [-0.25, -0.2) is 17.6 Å². The number of aromatic nitrogens is 1. The minimum Gasteiger partial charge on any atom is -0.252 e. The monoisotopic (exact) mass is 179 g/mol. The molecule has 0 aliphatic rings. The SMILES string of the molecule is FCc1ccnc(C(F)F)c1F. The van der Waals surface area contributed by atoms with E-state index in [2.05, 4.69) is 4.98 Å². The summed E-state index contributed by atoms with van der Waals surface area (Å²) < 4.78 is 48.5. The van der Waals surface area contributed by atoms with E-state index < -0.39 is 24.6 Å². The van der Waals surface area contributed by atoms with E-state index in [9.17, 15) is 17.6 Å². The van der Waals surface area contributed by atoms with Crippen LogP contribution < -0.4 is 0 Å². The van der Waals surface area contributed by atoms with Crippen LogP contribution in [0.2, 0.25) is 0 Å². The standard InChI is InChI=1S/C7H5F4N/c8-3-4-1-2-12-6(5(4)9)7(10)11/h1-2,7H,3H2. The van der Waals surface area contributed by atoms with Crippen molar-refractivity contribution >= 4 is 0 Å². The Labute approximate surface area is 66.0 Å². The molecule has 66 valence electrons. The molecule has 1 rings (SSSR count). The van der Waals surface area contributed by atoms with Crippen LogP contribution in [-0.2, 0) is 6.67 Å². The summed E-state index contributed by atoms with van der Waals surface area (Å²) in [6, 6.07) is 1.03. The Bertz CT molecular complexity index is 274. The quantitative estimate of drug-likeness (QED) is 0.636. The molecular weight excluding hydrogens is 174 g/mol. The number of nitrogens with zero attached hydrogens (tertiary/aromatic N) is 1. The summed E-state index contributed by atoms with van der Waals surface area (Å²) in [5.41, 5.74) is -1.38. The number of alkyl halides is 3. The van der Waals surface area contributed by atoms with Gasteiger partial charge in [0.15, 0.2) is 5.82 Å². The third kappa shape index (κ3) is 1.54. The van der Waals surface area contributed by atoms with Crippen molar-refractivity contribution in [3.63, 3.8) is 0 Å². The van der Waals surface area contributed by atoms with Crippen molar-refractivity contribution in [2.75, 3.05) is 0 Å². The van der Waals surface area contributed by atoms with Gasteiger partial charge in [-0.05, 0) is 6.07 Å². The smallest absolute Gasteiger partial charge is 0.252 e. The van der Waals surface area contributed by atoms with Gasteiger partial charge in [-0.15, -0.1) is 0 Å². The Balaban J connectivity index is 3.14. The first-order chi connectivity index (χ1) is 5.66. The molecule has 0 aliphatic heterocycles. The molecule has 0 bridgehead atoms. The summed E-state index contributed by atoms with van der Waals surface area (Å²) in [5, 5.41) is 0. The van der Waals surface area contributed by atoms with Gasteiger partial charge in [-0.3, -0.25) is 4.98 Å². The molecule has 0 unspecified atom stereocenters. The van der Waals surface area contributed by atoms with Crippen molar-refractivity contribution in [2.24, 2.45) is 0 Å². The summed E-state index contributed by atoms with van der Waals surface area (Å²) in [6.07, 6.45) is -2.05. The van der Waals surface area contributed by atoms with E-state index in [1.165, 1.54) is 0 Å². The first kappa shape index (κ1) is 8.96. The normalized spacial score (nSPS) is 10.8. The van der Waals surface area contributed by atoms with E-state index in [-0.39, 0.29) is 5.56 Å². The van der Waals surface area contributed by atoms with Gasteiger partial charge in [0.2, 0.25) is 0 Å². The molecule has 1 aromatic heterocycles. The highest BCUT2D eigenvalue weighted by Gasteiger charge is 2.17. The van der Waals surface area contributed by atoms with Crippen molar-refractivity contribution in [2.45, 2.75) is 13.1 Å². The Kier molecular flexibility index (Phi) is 2.62. The molecule has 0 spiro atoms. The predicted molar refractivity (Wildman–Crippen MR) is 34.0 cm³/mol. The summed E-state index contributed by atoms with van der Waals surface area (Å²) in [7, 11) is 0.